The Morgan fingerprint density at radius 2 is 1.71 bits per heavy atom. The van der Waals surface area contributed by atoms with Crippen LogP contribution in [0.1, 0.15) is 16.8 Å². The molecule has 1 saturated heterocycles. The van der Waals surface area contributed by atoms with Gasteiger partial charge in [0.2, 0.25) is 5.91 Å². The van der Waals surface area contributed by atoms with E-state index in [1.165, 1.54) is 4.90 Å². The molecule has 1 aliphatic heterocycles. The summed E-state index contributed by atoms with van der Waals surface area (Å²) in [6.45, 7) is 0.171. The van der Waals surface area contributed by atoms with E-state index < -0.39 is 11.9 Å². The summed E-state index contributed by atoms with van der Waals surface area (Å²) in [5.74, 6) is -2.05. The summed E-state index contributed by atoms with van der Waals surface area (Å²) in [4.78, 5) is 36.5. The highest BCUT2D eigenvalue weighted by atomic mass is 16.4. The molecule has 2 aromatic rings. The van der Waals surface area contributed by atoms with E-state index in [1.54, 1.807) is 48.5 Å². The minimum Gasteiger partial charge on any atom is -0.481 e. The molecule has 1 aliphatic rings. The van der Waals surface area contributed by atoms with Crippen molar-refractivity contribution in [2.24, 2.45) is 5.92 Å². The van der Waals surface area contributed by atoms with Gasteiger partial charge in [-0.15, -0.1) is 0 Å². The Bertz CT molecular complexity index is 771. The smallest absolute Gasteiger partial charge is 0.308 e. The number of nitrogens with one attached hydrogen (secondary N) is 1. The molecule has 2 N–H and O–H groups in total. The summed E-state index contributed by atoms with van der Waals surface area (Å²) in [6, 6.07) is 15.6. The lowest BCUT2D eigenvalue weighted by Gasteiger charge is -2.16. The van der Waals surface area contributed by atoms with Gasteiger partial charge in [-0.25, -0.2) is 0 Å². The molecule has 1 fully saturated rings. The average Bonchev–Trinajstić information content (AvgIpc) is 2.98. The molecular weight excluding hydrogens is 308 g/mol. The van der Waals surface area contributed by atoms with Gasteiger partial charge in [0, 0.05) is 29.9 Å². The number of carbonyl (C=O) groups excluding carboxylic acids is 2. The fourth-order valence-corrected chi connectivity index (χ4v) is 2.64. The summed E-state index contributed by atoms with van der Waals surface area (Å²) >= 11 is 0. The summed E-state index contributed by atoms with van der Waals surface area (Å²) in [5.41, 5.74) is 1.79. The Morgan fingerprint density at radius 1 is 1.04 bits per heavy atom. The molecule has 0 radical (unpaired) electrons. The number of carbonyl (C=O) groups is 3. The third kappa shape index (κ3) is 3.27. The second kappa shape index (κ2) is 6.54. The number of aliphatic carboxylic acids is 1. The van der Waals surface area contributed by atoms with Crippen molar-refractivity contribution in [2.45, 2.75) is 6.42 Å². The lowest BCUT2D eigenvalue weighted by molar-refractivity contribution is -0.141. The van der Waals surface area contributed by atoms with Gasteiger partial charge in [-0.1, -0.05) is 18.2 Å². The zero-order valence-corrected chi connectivity index (χ0v) is 12.8. The zero-order valence-electron chi connectivity index (χ0n) is 12.8. The highest BCUT2D eigenvalue weighted by Crippen LogP contribution is 2.26. The number of benzene rings is 2. The molecule has 1 heterocycles. The van der Waals surface area contributed by atoms with Crippen LogP contribution in [0.4, 0.5) is 11.4 Å². The van der Waals surface area contributed by atoms with Crippen LogP contribution in [0.3, 0.4) is 0 Å². The predicted molar refractivity (Wildman–Crippen MR) is 88.9 cm³/mol. The van der Waals surface area contributed by atoms with Gasteiger partial charge in [-0.05, 0) is 36.4 Å². The number of amides is 2. The lowest BCUT2D eigenvalue weighted by Crippen LogP contribution is -2.25. The number of nitrogens with zero attached hydrogens (tertiary/aromatic N) is 1. The molecule has 24 heavy (non-hydrogen) atoms. The normalized spacial score (nSPS) is 16.9. The van der Waals surface area contributed by atoms with E-state index in [-0.39, 0.29) is 24.8 Å². The summed E-state index contributed by atoms with van der Waals surface area (Å²) in [6.07, 6.45) is 0.0157. The van der Waals surface area contributed by atoms with E-state index in [9.17, 15) is 14.4 Å². The second-order valence-corrected chi connectivity index (χ2v) is 5.61. The van der Waals surface area contributed by atoms with Gasteiger partial charge in [0.15, 0.2) is 0 Å². The summed E-state index contributed by atoms with van der Waals surface area (Å²) < 4.78 is 0. The Labute approximate surface area is 138 Å². The Kier molecular flexibility index (Phi) is 4.29. The number of carboxylic acid groups (broad SMARTS) is 1. The standard InChI is InChI=1S/C18H16N2O4/c21-16-10-13(18(23)24)11-20(16)15-8-6-14(7-9-15)19-17(22)12-4-2-1-3-5-12/h1-9,13H,10-11H2,(H,19,22)(H,23,24). The third-order valence-electron chi connectivity index (χ3n) is 3.95. The van der Waals surface area contributed by atoms with Gasteiger partial charge in [0.1, 0.15) is 0 Å². The van der Waals surface area contributed by atoms with Gasteiger partial charge >= 0.3 is 5.97 Å². The van der Waals surface area contributed by atoms with Gasteiger partial charge < -0.3 is 15.3 Å². The van der Waals surface area contributed by atoms with Gasteiger partial charge in [-0.3, -0.25) is 14.4 Å². The molecule has 0 bridgehead atoms. The molecule has 0 spiro atoms. The van der Waals surface area contributed by atoms with Crippen LogP contribution in [0.5, 0.6) is 0 Å². The van der Waals surface area contributed by atoms with E-state index in [2.05, 4.69) is 5.32 Å². The zero-order chi connectivity index (χ0) is 17.1. The van der Waals surface area contributed by atoms with Crippen LogP contribution in [0.2, 0.25) is 0 Å². The number of rotatable bonds is 4. The van der Waals surface area contributed by atoms with E-state index in [4.69, 9.17) is 5.11 Å². The van der Waals surface area contributed by atoms with Crippen molar-refractivity contribution < 1.29 is 19.5 Å². The molecule has 0 saturated carbocycles. The number of carboxylic acids is 1. The first kappa shape index (κ1) is 15.7. The minimum atomic E-state index is -0.961. The summed E-state index contributed by atoms with van der Waals surface area (Å²) in [7, 11) is 0. The SMILES string of the molecule is O=C(Nc1ccc(N2CC(C(=O)O)CC2=O)cc1)c1ccccc1. The van der Waals surface area contributed by atoms with Crippen molar-refractivity contribution in [1.82, 2.24) is 0 Å². The predicted octanol–water partition coefficient (Wildman–Crippen LogP) is 2.38. The molecule has 1 atom stereocenters. The van der Waals surface area contributed by atoms with Crippen molar-refractivity contribution in [3.05, 3.63) is 60.2 Å². The van der Waals surface area contributed by atoms with Crippen molar-refractivity contribution >= 4 is 29.2 Å². The average molecular weight is 324 g/mol. The van der Waals surface area contributed by atoms with Crippen molar-refractivity contribution in [3.63, 3.8) is 0 Å². The quantitative estimate of drug-likeness (QED) is 0.904. The number of hydrogen-bond acceptors (Lipinski definition) is 3. The van der Waals surface area contributed by atoms with Crippen molar-refractivity contribution in [1.29, 1.82) is 0 Å². The fraction of sp³-hybridized carbons (Fsp3) is 0.167. The minimum absolute atomic E-state index is 0.0157. The second-order valence-electron chi connectivity index (χ2n) is 5.61. The monoisotopic (exact) mass is 324 g/mol. The Balaban J connectivity index is 1.69. The summed E-state index contributed by atoms with van der Waals surface area (Å²) in [5, 5.41) is 11.8. The molecular formula is C18H16N2O4. The lowest BCUT2D eigenvalue weighted by atomic mass is 10.1. The molecule has 2 amide bonds. The van der Waals surface area contributed by atoms with Crippen LogP contribution in [-0.4, -0.2) is 29.4 Å². The molecule has 3 rings (SSSR count). The molecule has 6 heteroatoms. The maximum absolute atomic E-state index is 12.1. The van der Waals surface area contributed by atoms with E-state index in [0.29, 0.717) is 16.9 Å². The maximum Gasteiger partial charge on any atom is 0.308 e. The first-order valence-electron chi connectivity index (χ1n) is 7.54. The third-order valence-corrected chi connectivity index (χ3v) is 3.95. The van der Waals surface area contributed by atoms with Gasteiger partial charge in [-0.2, -0.15) is 0 Å². The molecule has 6 nitrogen and oxygen atoms in total. The topological polar surface area (TPSA) is 86.7 Å². The first-order chi connectivity index (χ1) is 11.5. The molecule has 2 aromatic carbocycles. The highest BCUT2D eigenvalue weighted by molar-refractivity contribution is 6.04. The van der Waals surface area contributed by atoms with Gasteiger partial charge in [0.05, 0.1) is 5.92 Å². The van der Waals surface area contributed by atoms with Crippen LogP contribution < -0.4 is 10.2 Å². The Hall–Kier alpha value is -3.15. The largest absolute Gasteiger partial charge is 0.481 e. The van der Waals surface area contributed by atoms with Crippen molar-refractivity contribution in [2.75, 3.05) is 16.8 Å². The molecule has 0 aromatic heterocycles. The van der Waals surface area contributed by atoms with E-state index in [0.717, 1.165) is 0 Å². The number of anilines is 2. The molecule has 122 valence electrons. The first-order valence-corrected chi connectivity index (χ1v) is 7.54. The van der Waals surface area contributed by atoms with E-state index in [1.807, 2.05) is 6.07 Å². The van der Waals surface area contributed by atoms with Crippen LogP contribution in [0.25, 0.3) is 0 Å². The maximum atomic E-state index is 12.1. The van der Waals surface area contributed by atoms with Crippen LogP contribution >= 0.6 is 0 Å². The van der Waals surface area contributed by atoms with Crippen LogP contribution in [0, 0.1) is 5.92 Å². The number of hydrogen-bond donors (Lipinski definition) is 2. The van der Waals surface area contributed by atoms with Gasteiger partial charge in [0.25, 0.3) is 5.91 Å². The van der Waals surface area contributed by atoms with Crippen molar-refractivity contribution in [3.8, 4) is 0 Å². The highest BCUT2D eigenvalue weighted by Gasteiger charge is 2.34. The van der Waals surface area contributed by atoms with Crippen LogP contribution in [0.15, 0.2) is 54.6 Å². The fourth-order valence-electron chi connectivity index (χ4n) is 2.64. The molecule has 1 unspecified atom stereocenters. The van der Waals surface area contributed by atoms with Crippen LogP contribution in [-0.2, 0) is 9.59 Å². The molecule has 0 aliphatic carbocycles. The Morgan fingerprint density at radius 3 is 2.29 bits per heavy atom. The van der Waals surface area contributed by atoms with E-state index >= 15 is 0 Å².